The molecule has 1 aromatic heterocycles. The minimum absolute atomic E-state index is 0.0264. The maximum atomic E-state index is 11.2. The molecule has 0 bridgehead atoms. The van der Waals surface area contributed by atoms with Crippen molar-refractivity contribution in [1.29, 1.82) is 0 Å². The molecule has 92 valence electrons. The Hall–Kier alpha value is -2.36. The van der Waals surface area contributed by atoms with Gasteiger partial charge < -0.3 is 9.15 Å². The van der Waals surface area contributed by atoms with Gasteiger partial charge in [0, 0.05) is 5.56 Å². The van der Waals surface area contributed by atoms with E-state index < -0.39 is 0 Å². The predicted octanol–water partition coefficient (Wildman–Crippen LogP) is 2.29. The monoisotopic (exact) mass is 243 g/mol. The van der Waals surface area contributed by atoms with E-state index in [1.165, 1.54) is 7.11 Å². The van der Waals surface area contributed by atoms with Crippen LogP contribution in [0.1, 0.15) is 11.3 Å². The van der Waals surface area contributed by atoms with E-state index in [0.717, 1.165) is 5.56 Å². The summed E-state index contributed by atoms with van der Waals surface area (Å²) in [5, 5.41) is 0. The molecule has 0 radical (unpaired) electrons. The van der Waals surface area contributed by atoms with Gasteiger partial charge in [-0.2, -0.15) is 0 Å². The second-order valence-electron chi connectivity index (χ2n) is 3.58. The number of hydrogen-bond donors (Lipinski definition) is 0. The van der Waals surface area contributed by atoms with Gasteiger partial charge in [-0.05, 0) is 12.1 Å². The average Bonchev–Trinajstić information content (AvgIpc) is 2.94. The summed E-state index contributed by atoms with van der Waals surface area (Å²) in [4.78, 5) is 15.4. The van der Waals surface area contributed by atoms with Crippen molar-refractivity contribution < 1.29 is 13.9 Å². The number of esters is 1. The molecule has 0 N–H and O–H groups in total. The van der Waals surface area contributed by atoms with Crippen molar-refractivity contribution in [1.82, 2.24) is 0 Å². The summed E-state index contributed by atoms with van der Waals surface area (Å²) in [7, 11) is 1.34. The van der Waals surface area contributed by atoms with Crippen LogP contribution in [-0.4, -0.2) is 25.3 Å². The van der Waals surface area contributed by atoms with Gasteiger partial charge in [0.05, 0.1) is 13.4 Å². The summed E-state index contributed by atoms with van der Waals surface area (Å²) < 4.78 is 9.91. The third kappa shape index (κ3) is 2.85. The number of nitrogens with zero attached hydrogens (tertiary/aromatic N) is 1. The smallest absolute Gasteiger partial charge is 0.327 e. The molecule has 0 unspecified atom stereocenters. The van der Waals surface area contributed by atoms with Crippen LogP contribution >= 0.6 is 0 Å². The third-order valence-corrected chi connectivity index (χ3v) is 2.40. The Balaban J connectivity index is 2.33. The lowest BCUT2D eigenvalue weighted by molar-refractivity contribution is -0.138. The lowest BCUT2D eigenvalue weighted by Gasteiger charge is -2.03. The summed E-state index contributed by atoms with van der Waals surface area (Å²) in [5.74, 6) is 0.250. The molecule has 18 heavy (non-hydrogen) atoms. The first kappa shape index (κ1) is 12.1. The van der Waals surface area contributed by atoms with Crippen LogP contribution in [0.15, 0.2) is 58.1 Å². The van der Waals surface area contributed by atoms with Crippen molar-refractivity contribution in [2.45, 2.75) is 0 Å². The van der Waals surface area contributed by atoms with Gasteiger partial charge in [0.15, 0.2) is 5.76 Å². The summed E-state index contributed by atoms with van der Waals surface area (Å²) in [6, 6.07) is 13.2. The number of aliphatic imine (C=N–C) groups is 1. The van der Waals surface area contributed by atoms with Crippen LogP contribution in [0.3, 0.4) is 0 Å². The molecule has 0 amide bonds. The van der Waals surface area contributed by atoms with Crippen LogP contribution in [0.5, 0.6) is 0 Å². The molecular weight excluding hydrogens is 230 g/mol. The molecule has 1 heterocycles. The van der Waals surface area contributed by atoms with Crippen molar-refractivity contribution in [3.63, 3.8) is 0 Å². The number of methoxy groups -OCH3 is 1. The van der Waals surface area contributed by atoms with Crippen LogP contribution in [0.2, 0.25) is 0 Å². The number of hydrogen-bond acceptors (Lipinski definition) is 4. The maximum absolute atomic E-state index is 11.2. The molecule has 0 aliphatic carbocycles. The van der Waals surface area contributed by atoms with Crippen molar-refractivity contribution in [3.8, 4) is 0 Å². The van der Waals surface area contributed by atoms with Gasteiger partial charge in [0.1, 0.15) is 12.3 Å². The van der Waals surface area contributed by atoms with Crippen molar-refractivity contribution in [3.05, 3.63) is 60.1 Å². The normalized spacial score (nSPS) is 11.3. The van der Waals surface area contributed by atoms with Crippen LogP contribution in [-0.2, 0) is 9.53 Å². The topological polar surface area (TPSA) is 51.8 Å². The number of carbonyl (C=O) groups is 1. The first-order chi connectivity index (χ1) is 8.81. The standard InChI is InChI=1S/C14H13NO3/c1-17-13(16)10-15-14(12-8-5-9-18-12)11-6-3-2-4-7-11/h2-9H,10H2,1H3. The zero-order valence-corrected chi connectivity index (χ0v) is 10.00. The molecule has 0 saturated heterocycles. The summed E-state index contributed by atoms with van der Waals surface area (Å²) in [6.45, 7) is -0.0264. The fraction of sp³-hybridized carbons (Fsp3) is 0.143. The van der Waals surface area contributed by atoms with E-state index in [1.807, 2.05) is 36.4 Å². The van der Waals surface area contributed by atoms with E-state index in [4.69, 9.17) is 4.42 Å². The van der Waals surface area contributed by atoms with Gasteiger partial charge in [-0.25, -0.2) is 0 Å². The van der Waals surface area contributed by atoms with E-state index in [0.29, 0.717) is 11.5 Å². The van der Waals surface area contributed by atoms with Crippen molar-refractivity contribution in [2.75, 3.05) is 13.7 Å². The molecule has 1 aromatic carbocycles. The van der Waals surface area contributed by atoms with Gasteiger partial charge in [-0.3, -0.25) is 9.79 Å². The summed E-state index contributed by atoms with van der Waals surface area (Å²) >= 11 is 0. The lowest BCUT2D eigenvalue weighted by Crippen LogP contribution is -2.09. The lowest BCUT2D eigenvalue weighted by atomic mass is 10.1. The molecule has 0 aliphatic heterocycles. The van der Waals surface area contributed by atoms with Gasteiger partial charge in [-0.1, -0.05) is 30.3 Å². The molecular formula is C14H13NO3. The molecule has 0 saturated carbocycles. The highest BCUT2D eigenvalue weighted by atomic mass is 16.5. The molecule has 0 fully saturated rings. The van der Waals surface area contributed by atoms with E-state index >= 15 is 0 Å². The van der Waals surface area contributed by atoms with Crippen LogP contribution in [0.4, 0.5) is 0 Å². The Morgan fingerprint density at radius 1 is 1.22 bits per heavy atom. The maximum Gasteiger partial charge on any atom is 0.327 e. The molecule has 2 aromatic rings. The quantitative estimate of drug-likeness (QED) is 0.611. The highest BCUT2D eigenvalue weighted by Crippen LogP contribution is 2.11. The first-order valence-corrected chi connectivity index (χ1v) is 5.52. The second-order valence-corrected chi connectivity index (χ2v) is 3.58. The Kier molecular flexibility index (Phi) is 3.91. The highest BCUT2D eigenvalue weighted by molar-refractivity contribution is 6.11. The average molecular weight is 243 g/mol. The van der Waals surface area contributed by atoms with Crippen LogP contribution in [0, 0.1) is 0 Å². The van der Waals surface area contributed by atoms with E-state index in [-0.39, 0.29) is 12.5 Å². The fourth-order valence-electron chi connectivity index (χ4n) is 1.53. The van der Waals surface area contributed by atoms with Gasteiger partial charge in [0.25, 0.3) is 0 Å². The summed E-state index contributed by atoms with van der Waals surface area (Å²) in [5.41, 5.74) is 1.54. The Labute approximate surface area is 105 Å². The minimum Gasteiger partial charge on any atom is -0.468 e. The first-order valence-electron chi connectivity index (χ1n) is 5.52. The third-order valence-electron chi connectivity index (χ3n) is 2.40. The van der Waals surface area contributed by atoms with Crippen LogP contribution < -0.4 is 0 Å². The number of carbonyl (C=O) groups excluding carboxylic acids is 1. The van der Waals surface area contributed by atoms with Gasteiger partial charge in [-0.15, -0.1) is 0 Å². The fourth-order valence-corrected chi connectivity index (χ4v) is 1.53. The number of furan rings is 1. The van der Waals surface area contributed by atoms with E-state index in [2.05, 4.69) is 9.73 Å². The highest BCUT2D eigenvalue weighted by Gasteiger charge is 2.10. The molecule has 0 aliphatic rings. The molecule has 4 heteroatoms. The van der Waals surface area contributed by atoms with Gasteiger partial charge in [0.2, 0.25) is 0 Å². The SMILES string of the molecule is COC(=O)CN=C(c1ccccc1)c1ccco1. The van der Waals surface area contributed by atoms with E-state index in [1.54, 1.807) is 12.3 Å². The Morgan fingerprint density at radius 3 is 2.61 bits per heavy atom. The van der Waals surface area contributed by atoms with Crippen molar-refractivity contribution >= 4 is 11.7 Å². The predicted molar refractivity (Wildman–Crippen MR) is 67.7 cm³/mol. The van der Waals surface area contributed by atoms with Crippen molar-refractivity contribution in [2.24, 2.45) is 4.99 Å². The largest absolute Gasteiger partial charge is 0.468 e. The Morgan fingerprint density at radius 2 is 2.00 bits per heavy atom. The van der Waals surface area contributed by atoms with Gasteiger partial charge >= 0.3 is 5.97 Å². The zero-order chi connectivity index (χ0) is 12.8. The minimum atomic E-state index is -0.380. The second kappa shape index (κ2) is 5.82. The molecule has 0 atom stereocenters. The molecule has 4 nitrogen and oxygen atoms in total. The van der Waals surface area contributed by atoms with E-state index in [9.17, 15) is 4.79 Å². The summed E-state index contributed by atoms with van der Waals surface area (Å²) in [6.07, 6.45) is 1.58. The number of benzene rings is 1. The number of ether oxygens (including phenoxy) is 1. The Bertz CT molecular complexity index is 529. The zero-order valence-electron chi connectivity index (χ0n) is 10.00. The van der Waals surface area contributed by atoms with Crippen LogP contribution in [0.25, 0.3) is 0 Å². The molecule has 2 rings (SSSR count). The number of rotatable bonds is 4. The molecule has 0 spiro atoms.